The van der Waals surface area contributed by atoms with E-state index < -0.39 is 11.5 Å². The molecule has 0 aliphatic carbocycles. The van der Waals surface area contributed by atoms with E-state index in [9.17, 15) is 9.90 Å². The van der Waals surface area contributed by atoms with E-state index in [-0.39, 0.29) is 59.2 Å². The van der Waals surface area contributed by atoms with Gasteiger partial charge in [-0.05, 0) is 19.4 Å². The van der Waals surface area contributed by atoms with Crippen molar-refractivity contribution in [3.05, 3.63) is 0 Å². The molecule has 0 aromatic rings. The molecule has 0 unspecified atom stereocenters. The van der Waals surface area contributed by atoms with E-state index in [2.05, 4.69) is 10.2 Å². The van der Waals surface area contributed by atoms with Crippen LogP contribution >= 0.6 is 0 Å². The van der Waals surface area contributed by atoms with Crippen LogP contribution in [0.15, 0.2) is 0 Å². The van der Waals surface area contributed by atoms with E-state index in [4.69, 9.17) is 22.3 Å². The zero-order valence-electron chi connectivity index (χ0n) is 14.1. The number of aliphatic hydroxyl groups is 1. The van der Waals surface area contributed by atoms with E-state index in [0.29, 0.717) is 32.6 Å². The van der Waals surface area contributed by atoms with Crippen molar-refractivity contribution in [1.29, 1.82) is 0 Å². The SMILES string of the molecule is NCCN(CCN)CCN.O.O.O=C([O-])[C@]1(CO)CCCN1.[Cl-].[Cl-].[Co+3]. The molecule has 0 amide bonds. The Labute approximate surface area is 171 Å². The zero-order chi connectivity index (χ0) is 15.4. The molecule has 12 N–H and O–H groups in total. The number of aliphatic carboxylic acids is 1. The predicted molar refractivity (Wildman–Crippen MR) is 82.9 cm³/mol. The van der Waals surface area contributed by atoms with Gasteiger partial charge in [-0.25, -0.2) is 0 Å². The van der Waals surface area contributed by atoms with Crippen LogP contribution in [0.4, 0.5) is 0 Å². The van der Waals surface area contributed by atoms with Crippen molar-refractivity contribution < 1.29 is 67.6 Å². The second kappa shape index (κ2) is 24.2. The van der Waals surface area contributed by atoms with E-state index in [1.807, 2.05) is 0 Å². The van der Waals surface area contributed by atoms with Crippen LogP contribution in [0.2, 0.25) is 0 Å². The van der Waals surface area contributed by atoms with E-state index in [0.717, 1.165) is 26.1 Å². The second-order valence-electron chi connectivity index (χ2n) is 4.77. The topological polar surface area (TPSA) is 217 Å². The standard InChI is InChI=1S/C6H18N4.C6H11NO3.2ClH.Co.2H2O/c7-1-4-10(5-2-8)6-3-9;8-4-6(5(9)10)2-1-3-7-6;;;;;/h1-9H2;7-8H,1-4H2,(H,9,10);2*1H;;2*1H2/q;;;;+3;;/p-3/t;6-;;;;;/m.1...../s1. The van der Waals surface area contributed by atoms with Gasteiger partial charge in [0.25, 0.3) is 0 Å². The number of carboxylic acids is 1. The quantitative estimate of drug-likeness (QED) is 0.236. The Morgan fingerprint density at radius 3 is 1.64 bits per heavy atom. The molecule has 0 radical (unpaired) electrons. The molecular formula is C12H32Cl2CoN5O5. The van der Waals surface area contributed by atoms with Crippen molar-refractivity contribution in [2.24, 2.45) is 17.2 Å². The Balaban J connectivity index is -0.0000000602. The minimum absolute atomic E-state index is 0. The number of hydrogen-bond acceptors (Lipinski definition) is 8. The Bertz CT molecular complexity index is 266. The first-order valence-electron chi connectivity index (χ1n) is 6.96. The maximum Gasteiger partial charge on any atom is 3.00 e. The number of rotatable bonds is 8. The minimum Gasteiger partial charge on any atom is -1.00 e. The summed E-state index contributed by atoms with van der Waals surface area (Å²) in [6.07, 6.45) is 1.25. The summed E-state index contributed by atoms with van der Waals surface area (Å²) in [5.74, 6) is -1.20. The van der Waals surface area contributed by atoms with Gasteiger partial charge in [-0.3, -0.25) is 4.90 Å². The van der Waals surface area contributed by atoms with Gasteiger partial charge in [0.1, 0.15) is 0 Å². The Morgan fingerprint density at radius 1 is 1.08 bits per heavy atom. The summed E-state index contributed by atoms with van der Waals surface area (Å²) < 4.78 is 0. The van der Waals surface area contributed by atoms with Gasteiger partial charge in [0.15, 0.2) is 0 Å². The molecule has 1 saturated heterocycles. The third-order valence-electron chi connectivity index (χ3n) is 3.24. The molecular weight excluding hydrogens is 424 g/mol. The molecule has 1 heterocycles. The Hall–Kier alpha value is 0.236. The van der Waals surface area contributed by atoms with E-state index >= 15 is 0 Å². The number of nitrogens with two attached hydrogens (primary N) is 3. The summed E-state index contributed by atoms with van der Waals surface area (Å²) in [6.45, 7) is 5.00. The molecule has 158 valence electrons. The summed E-state index contributed by atoms with van der Waals surface area (Å²) in [5, 5.41) is 21.8. The summed E-state index contributed by atoms with van der Waals surface area (Å²) in [6, 6.07) is 0. The van der Waals surface area contributed by atoms with Crippen LogP contribution in [0.3, 0.4) is 0 Å². The number of carbonyl (C=O) groups excluding carboxylic acids is 1. The number of nitrogens with zero attached hydrogens (tertiary/aromatic N) is 1. The van der Waals surface area contributed by atoms with Crippen molar-refractivity contribution in [3.8, 4) is 0 Å². The second-order valence-corrected chi connectivity index (χ2v) is 4.77. The first-order valence-corrected chi connectivity index (χ1v) is 6.96. The first kappa shape index (κ1) is 40.1. The third-order valence-corrected chi connectivity index (χ3v) is 3.24. The zero-order valence-corrected chi connectivity index (χ0v) is 16.7. The van der Waals surface area contributed by atoms with Gasteiger partial charge < -0.3 is 73.3 Å². The molecule has 1 rings (SSSR count). The molecule has 0 aromatic carbocycles. The molecule has 10 nitrogen and oxygen atoms in total. The predicted octanol–water partition coefficient (Wildman–Crippen LogP) is -11.6. The van der Waals surface area contributed by atoms with Crippen LogP contribution in [0, 0.1) is 0 Å². The number of hydrogen-bond donors (Lipinski definition) is 5. The van der Waals surface area contributed by atoms with Crippen LogP contribution in [-0.2, 0) is 21.6 Å². The molecule has 1 fully saturated rings. The van der Waals surface area contributed by atoms with Crippen molar-refractivity contribution in [3.63, 3.8) is 0 Å². The average molecular weight is 456 g/mol. The molecule has 0 spiro atoms. The molecule has 0 aromatic heterocycles. The summed E-state index contributed by atoms with van der Waals surface area (Å²) in [7, 11) is 0. The maximum atomic E-state index is 10.4. The Morgan fingerprint density at radius 2 is 1.48 bits per heavy atom. The Kier molecular flexibility index (Phi) is 38.8. The summed E-state index contributed by atoms with van der Waals surface area (Å²) >= 11 is 0. The fourth-order valence-corrected chi connectivity index (χ4v) is 2.06. The van der Waals surface area contributed by atoms with Gasteiger partial charge in [-0.1, -0.05) is 0 Å². The molecule has 1 aliphatic rings. The van der Waals surface area contributed by atoms with E-state index in [1.165, 1.54) is 0 Å². The number of aliphatic hydroxyl groups excluding tert-OH is 1. The van der Waals surface area contributed by atoms with Gasteiger partial charge in [-0.15, -0.1) is 0 Å². The number of nitrogens with one attached hydrogen (secondary N) is 1. The number of carboxylic acid groups (broad SMARTS) is 1. The summed E-state index contributed by atoms with van der Waals surface area (Å²) in [4.78, 5) is 12.6. The van der Waals surface area contributed by atoms with Crippen LogP contribution < -0.4 is 52.4 Å². The fourth-order valence-electron chi connectivity index (χ4n) is 2.06. The molecule has 0 saturated carbocycles. The van der Waals surface area contributed by atoms with Crippen molar-refractivity contribution in [2.75, 3.05) is 52.4 Å². The first-order chi connectivity index (χ1) is 9.56. The van der Waals surface area contributed by atoms with Crippen LogP contribution in [-0.4, -0.2) is 84.9 Å². The molecule has 0 bridgehead atoms. The average Bonchev–Trinajstić information content (AvgIpc) is 2.90. The largest absolute Gasteiger partial charge is 3.00 e. The summed E-state index contributed by atoms with van der Waals surface area (Å²) in [5.41, 5.74) is 14.9. The van der Waals surface area contributed by atoms with Crippen molar-refractivity contribution in [2.45, 2.75) is 18.4 Å². The fraction of sp³-hybridized carbons (Fsp3) is 0.917. The normalized spacial score (nSPS) is 17.3. The van der Waals surface area contributed by atoms with E-state index in [1.54, 1.807) is 0 Å². The van der Waals surface area contributed by atoms with Gasteiger partial charge in [0, 0.05) is 39.3 Å². The number of halogens is 2. The van der Waals surface area contributed by atoms with Gasteiger partial charge in [0.2, 0.25) is 0 Å². The number of carbonyl (C=O) groups is 1. The molecule has 13 heteroatoms. The van der Waals surface area contributed by atoms with Crippen LogP contribution in [0.1, 0.15) is 12.8 Å². The van der Waals surface area contributed by atoms with Crippen LogP contribution in [0.25, 0.3) is 0 Å². The molecule has 1 aliphatic heterocycles. The van der Waals surface area contributed by atoms with Gasteiger partial charge >= 0.3 is 16.8 Å². The molecule has 1 atom stereocenters. The minimum atomic E-state index is -1.20. The van der Waals surface area contributed by atoms with Gasteiger partial charge in [0.05, 0.1) is 18.1 Å². The maximum absolute atomic E-state index is 10.4. The smallest absolute Gasteiger partial charge is 1.00 e. The van der Waals surface area contributed by atoms with Crippen molar-refractivity contribution >= 4 is 5.97 Å². The third kappa shape index (κ3) is 16.2. The molecule has 25 heavy (non-hydrogen) atoms. The van der Waals surface area contributed by atoms with Gasteiger partial charge in [-0.2, -0.15) is 0 Å². The van der Waals surface area contributed by atoms with Crippen LogP contribution in [0.5, 0.6) is 0 Å². The van der Waals surface area contributed by atoms with Crippen molar-refractivity contribution in [1.82, 2.24) is 10.2 Å². The monoisotopic (exact) mass is 455 g/mol.